The fourth-order valence-corrected chi connectivity index (χ4v) is 1.87. The van der Waals surface area contributed by atoms with Gasteiger partial charge >= 0.3 is 0 Å². The zero-order valence-corrected chi connectivity index (χ0v) is 9.34. The van der Waals surface area contributed by atoms with E-state index in [2.05, 4.69) is 5.10 Å². The standard InChI is InChI=1S/C12H14N2O2/c1-9-10(16)11(13-14(9)2)12(8-15)6-4-3-5-7-12/h3-6,8,16H,7H2,1-2H3. The highest BCUT2D eigenvalue weighted by atomic mass is 16.3. The molecule has 1 unspecified atom stereocenters. The molecular weight excluding hydrogens is 204 g/mol. The predicted octanol–water partition coefficient (Wildman–Crippen LogP) is 1.39. The Morgan fingerprint density at radius 3 is 2.75 bits per heavy atom. The van der Waals surface area contributed by atoms with E-state index in [1.807, 2.05) is 12.2 Å². The number of hydrogen-bond acceptors (Lipinski definition) is 3. The first-order valence-electron chi connectivity index (χ1n) is 5.14. The summed E-state index contributed by atoms with van der Waals surface area (Å²) in [7, 11) is 1.75. The van der Waals surface area contributed by atoms with Crippen molar-refractivity contribution in [2.24, 2.45) is 7.05 Å². The van der Waals surface area contributed by atoms with Crippen LogP contribution in [0.4, 0.5) is 0 Å². The summed E-state index contributed by atoms with van der Waals surface area (Å²) in [5.74, 6) is 0.106. The lowest BCUT2D eigenvalue weighted by atomic mass is 9.79. The minimum atomic E-state index is -0.815. The molecule has 16 heavy (non-hydrogen) atoms. The summed E-state index contributed by atoms with van der Waals surface area (Å²) in [6.07, 6.45) is 8.75. The molecule has 84 valence electrons. The minimum absolute atomic E-state index is 0.106. The molecule has 1 heterocycles. The van der Waals surface area contributed by atoms with E-state index in [-0.39, 0.29) is 5.75 Å². The summed E-state index contributed by atoms with van der Waals surface area (Å²) in [6, 6.07) is 0. The first-order valence-corrected chi connectivity index (χ1v) is 5.14. The second-order valence-corrected chi connectivity index (χ2v) is 4.06. The van der Waals surface area contributed by atoms with Crippen molar-refractivity contribution in [1.29, 1.82) is 0 Å². The summed E-state index contributed by atoms with van der Waals surface area (Å²) < 4.78 is 1.59. The van der Waals surface area contributed by atoms with Crippen LogP contribution in [0.3, 0.4) is 0 Å². The summed E-state index contributed by atoms with van der Waals surface area (Å²) in [5, 5.41) is 14.2. The van der Waals surface area contributed by atoms with Crippen molar-refractivity contribution in [1.82, 2.24) is 9.78 Å². The van der Waals surface area contributed by atoms with Crippen LogP contribution < -0.4 is 0 Å². The molecule has 0 saturated carbocycles. The summed E-state index contributed by atoms with van der Waals surface area (Å²) in [4.78, 5) is 11.3. The number of rotatable bonds is 2. The number of aldehydes is 1. The Balaban J connectivity index is 2.57. The highest BCUT2D eigenvalue weighted by molar-refractivity contribution is 5.74. The lowest BCUT2D eigenvalue weighted by Gasteiger charge is -2.22. The number of nitrogens with zero attached hydrogens (tertiary/aromatic N) is 2. The number of carbonyl (C=O) groups excluding carboxylic acids is 1. The molecule has 0 radical (unpaired) electrons. The van der Waals surface area contributed by atoms with Gasteiger partial charge in [0.25, 0.3) is 0 Å². The van der Waals surface area contributed by atoms with Gasteiger partial charge in [-0.05, 0) is 13.3 Å². The lowest BCUT2D eigenvalue weighted by Crippen LogP contribution is -2.26. The van der Waals surface area contributed by atoms with Crippen LogP contribution in [-0.4, -0.2) is 21.2 Å². The highest BCUT2D eigenvalue weighted by Crippen LogP contribution is 2.36. The molecule has 0 aromatic carbocycles. The van der Waals surface area contributed by atoms with E-state index < -0.39 is 5.41 Å². The zero-order valence-electron chi connectivity index (χ0n) is 9.34. The van der Waals surface area contributed by atoms with Crippen molar-refractivity contribution in [3.63, 3.8) is 0 Å². The summed E-state index contributed by atoms with van der Waals surface area (Å²) in [5.41, 5.74) is 0.285. The van der Waals surface area contributed by atoms with Crippen LogP contribution >= 0.6 is 0 Å². The second-order valence-electron chi connectivity index (χ2n) is 4.06. The van der Waals surface area contributed by atoms with Crippen LogP contribution in [0.1, 0.15) is 17.8 Å². The molecule has 2 rings (SSSR count). The molecule has 1 N–H and O–H groups in total. The second kappa shape index (κ2) is 3.63. The molecule has 0 amide bonds. The Morgan fingerprint density at radius 1 is 1.56 bits per heavy atom. The van der Waals surface area contributed by atoms with E-state index >= 15 is 0 Å². The Labute approximate surface area is 93.9 Å². The molecule has 1 atom stereocenters. The third-order valence-electron chi connectivity index (χ3n) is 3.05. The highest BCUT2D eigenvalue weighted by Gasteiger charge is 2.35. The molecular formula is C12H14N2O2. The maximum atomic E-state index is 11.3. The van der Waals surface area contributed by atoms with Crippen LogP contribution in [0, 0.1) is 6.92 Å². The van der Waals surface area contributed by atoms with Gasteiger partial charge in [0.05, 0.1) is 11.1 Å². The van der Waals surface area contributed by atoms with Gasteiger partial charge in [-0.3, -0.25) is 4.68 Å². The van der Waals surface area contributed by atoms with Crippen molar-refractivity contribution in [2.75, 3.05) is 0 Å². The normalized spacial score (nSPS) is 23.6. The Kier molecular flexibility index (Phi) is 2.42. The van der Waals surface area contributed by atoms with Gasteiger partial charge in [-0.1, -0.05) is 24.3 Å². The topological polar surface area (TPSA) is 55.1 Å². The molecule has 0 bridgehead atoms. The fourth-order valence-electron chi connectivity index (χ4n) is 1.87. The minimum Gasteiger partial charge on any atom is -0.504 e. The van der Waals surface area contributed by atoms with Gasteiger partial charge < -0.3 is 9.90 Å². The molecule has 1 aliphatic rings. The molecule has 1 aliphatic carbocycles. The van der Waals surface area contributed by atoms with E-state index in [9.17, 15) is 9.90 Å². The van der Waals surface area contributed by atoms with Gasteiger partial charge in [-0.15, -0.1) is 0 Å². The number of hydrogen-bond donors (Lipinski definition) is 1. The van der Waals surface area contributed by atoms with E-state index in [4.69, 9.17) is 0 Å². The Bertz CT molecular complexity index is 485. The molecule has 0 saturated heterocycles. The van der Waals surface area contributed by atoms with Gasteiger partial charge in [0.1, 0.15) is 12.0 Å². The zero-order chi connectivity index (χ0) is 11.8. The van der Waals surface area contributed by atoms with Crippen molar-refractivity contribution >= 4 is 6.29 Å². The van der Waals surface area contributed by atoms with Gasteiger partial charge in [0.2, 0.25) is 0 Å². The molecule has 1 aromatic rings. The number of carbonyl (C=O) groups is 1. The van der Waals surface area contributed by atoms with Crippen molar-refractivity contribution in [3.05, 3.63) is 35.7 Å². The summed E-state index contributed by atoms with van der Waals surface area (Å²) >= 11 is 0. The van der Waals surface area contributed by atoms with Gasteiger partial charge in [-0.2, -0.15) is 5.10 Å². The third-order valence-corrected chi connectivity index (χ3v) is 3.05. The predicted molar refractivity (Wildman–Crippen MR) is 60.2 cm³/mol. The van der Waals surface area contributed by atoms with Crippen LogP contribution in [0.2, 0.25) is 0 Å². The Morgan fingerprint density at radius 2 is 2.31 bits per heavy atom. The third kappa shape index (κ3) is 1.38. The van der Waals surface area contributed by atoms with E-state index in [0.717, 1.165) is 6.29 Å². The SMILES string of the molecule is Cc1c(O)c(C2(C=O)C=CC=CC2)nn1C. The van der Waals surface area contributed by atoms with Gasteiger partial charge in [-0.25, -0.2) is 0 Å². The first-order chi connectivity index (χ1) is 7.60. The van der Waals surface area contributed by atoms with E-state index in [0.29, 0.717) is 17.8 Å². The Hall–Kier alpha value is -1.84. The average Bonchev–Trinajstić information content (AvgIpc) is 2.58. The van der Waals surface area contributed by atoms with E-state index in [1.165, 1.54) is 0 Å². The molecule has 0 spiro atoms. The first kappa shape index (κ1) is 10.7. The number of aryl methyl sites for hydroxylation is 1. The smallest absolute Gasteiger partial charge is 0.161 e. The monoisotopic (exact) mass is 218 g/mol. The number of aromatic hydroxyl groups is 1. The molecule has 1 aromatic heterocycles. The number of aromatic nitrogens is 2. The van der Waals surface area contributed by atoms with E-state index in [1.54, 1.807) is 30.8 Å². The number of allylic oxidation sites excluding steroid dienone is 4. The van der Waals surface area contributed by atoms with Crippen molar-refractivity contribution in [3.8, 4) is 5.75 Å². The quantitative estimate of drug-likeness (QED) is 0.763. The largest absolute Gasteiger partial charge is 0.504 e. The maximum absolute atomic E-state index is 11.3. The summed E-state index contributed by atoms with van der Waals surface area (Å²) in [6.45, 7) is 1.77. The fraction of sp³-hybridized carbons (Fsp3) is 0.333. The van der Waals surface area contributed by atoms with Crippen LogP contribution in [-0.2, 0) is 17.3 Å². The molecule has 4 nitrogen and oxygen atoms in total. The van der Waals surface area contributed by atoms with Crippen LogP contribution in [0.15, 0.2) is 24.3 Å². The lowest BCUT2D eigenvalue weighted by molar-refractivity contribution is -0.111. The molecule has 0 fully saturated rings. The van der Waals surface area contributed by atoms with Gasteiger partial charge in [0.15, 0.2) is 5.75 Å². The van der Waals surface area contributed by atoms with Crippen molar-refractivity contribution < 1.29 is 9.90 Å². The van der Waals surface area contributed by atoms with Crippen LogP contribution in [0.5, 0.6) is 5.75 Å². The van der Waals surface area contributed by atoms with Crippen LogP contribution in [0.25, 0.3) is 0 Å². The van der Waals surface area contributed by atoms with Gasteiger partial charge in [0, 0.05) is 7.05 Å². The van der Waals surface area contributed by atoms with Crippen molar-refractivity contribution in [2.45, 2.75) is 18.8 Å². The molecule has 4 heteroatoms. The molecule has 0 aliphatic heterocycles. The average molecular weight is 218 g/mol. The maximum Gasteiger partial charge on any atom is 0.161 e.